The number of nitrogens with zero attached hydrogens (tertiary/aromatic N) is 6. The van der Waals surface area contributed by atoms with E-state index < -0.39 is 0 Å². The van der Waals surface area contributed by atoms with Gasteiger partial charge in [0.1, 0.15) is 0 Å². The highest BCUT2D eigenvalue weighted by Crippen LogP contribution is 2.15. The van der Waals surface area contributed by atoms with Gasteiger partial charge < -0.3 is 4.90 Å². The first-order valence-electron chi connectivity index (χ1n) is 8.52. The van der Waals surface area contributed by atoms with Crippen LogP contribution in [0.5, 0.6) is 0 Å². The number of piperazine rings is 1. The number of carbonyl (C=O) groups excluding carboxylic acids is 1. The minimum Gasteiger partial charge on any atom is -0.336 e. The SMILES string of the molecule is CCn1ncc(C(=O)N2CCN(Cc3cnn(C)c3C)CC2)c1C. The van der Waals surface area contributed by atoms with Crippen molar-refractivity contribution in [3.05, 3.63) is 34.9 Å². The summed E-state index contributed by atoms with van der Waals surface area (Å²) in [4.78, 5) is 17.0. The molecule has 24 heavy (non-hydrogen) atoms. The molecule has 3 rings (SSSR count). The van der Waals surface area contributed by atoms with Crippen LogP contribution in [0.15, 0.2) is 12.4 Å². The van der Waals surface area contributed by atoms with E-state index in [1.165, 1.54) is 11.3 Å². The third-order valence-corrected chi connectivity index (χ3v) is 5.02. The van der Waals surface area contributed by atoms with Crippen LogP contribution in [-0.4, -0.2) is 61.4 Å². The molecule has 130 valence electrons. The molecule has 7 heteroatoms. The van der Waals surface area contributed by atoms with Gasteiger partial charge in [-0.15, -0.1) is 0 Å². The van der Waals surface area contributed by atoms with E-state index >= 15 is 0 Å². The first kappa shape index (κ1) is 16.7. The zero-order valence-corrected chi connectivity index (χ0v) is 15.0. The maximum atomic E-state index is 12.7. The lowest BCUT2D eigenvalue weighted by molar-refractivity contribution is 0.0627. The first-order valence-corrected chi connectivity index (χ1v) is 8.52. The summed E-state index contributed by atoms with van der Waals surface area (Å²) in [6.45, 7) is 11.1. The third kappa shape index (κ3) is 3.08. The average molecular weight is 330 g/mol. The van der Waals surface area contributed by atoms with Gasteiger partial charge in [0, 0.05) is 63.3 Å². The van der Waals surface area contributed by atoms with Gasteiger partial charge in [0.05, 0.1) is 18.0 Å². The van der Waals surface area contributed by atoms with Gasteiger partial charge in [0.15, 0.2) is 0 Å². The molecule has 0 aliphatic carbocycles. The second kappa shape index (κ2) is 6.76. The first-order chi connectivity index (χ1) is 11.5. The second-order valence-electron chi connectivity index (χ2n) is 6.41. The Labute approximate surface area is 142 Å². The predicted octanol–water partition coefficient (Wildman–Crippen LogP) is 1.21. The predicted molar refractivity (Wildman–Crippen MR) is 91.8 cm³/mol. The Hall–Kier alpha value is -2.15. The largest absolute Gasteiger partial charge is 0.336 e. The fourth-order valence-corrected chi connectivity index (χ4v) is 3.19. The molecule has 2 aromatic rings. The third-order valence-electron chi connectivity index (χ3n) is 5.02. The Balaban J connectivity index is 1.59. The van der Waals surface area contributed by atoms with Gasteiger partial charge >= 0.3 is 0 Å². The van der Waals surface area contributed by atoms with Gasteiger partial charge in [-0.05, 0) is 20.8 Å². The normalized spacial score (nSPS) is 15.9. The maximum absolute atomic E-state index is 12.7. The second-order valence-corrected chi connectivity index (χ2v) is 6.41. The number of hydrogen-bond acceptors (Lipinski definition) is 4. The van der Waals surface area contributed by atoms with Gasteiger partial charge in [-0.25, -0.2) is 0 Å². The van der Waals surface area contributed by atoms with E-state index in [1.54, 1.807) is 6.20 Å². The summed E-state index contributed by atoms with van der Waals surface area (Å²) in [5.41, 5.74) is 4.15. The quantitative estimate of drug-likeness (QED) is 0.845. The standard InChI is InChI=1S/C17H26N6O/c1-5-23-14(3)16(11-19-23)17(24)22-8-6-21(7-9-22)12-15-10-18-20(4)13(15)2/h10-11H,5-9,12H2,1-4H3. The molecule has 1 aliphatic heterocycles. The van der Waals surface area contributed by atoms with Crippen molar-refractivity contribution < 1.29 is 4.79 Å². The molecular formula is C17H26N6O. The highest BCUT2D eigenvalue weighted by molar-refractivity contribution is 5.95. The van der Waals surface area contributed by atoms with E-state index in [1.807, 2.05) is 41.4 Å². The van der Waals surface area contributed by atoms with Crippen molar-refractivity contribution in [2.24, 2.45) is 7.05 Å². The molecule has 1 saturated heterocycles. The molecule has 0 atom stereocenters. The highest BCUT2D eigenvalue weighted by atomic mass is 16.2. The number of rotatable bonds is 4. The number of amides is 1. The highest BCUT2D eigenvalue weighted by Gasteiger charge is 2.25. The van der Waals surface area contributed by atoms with Crippen molar-refractivity contribution >= 4 is 5.91 Å². The lowest BCUT2D eigenvalue weighted by atomic mass is 10.2. The Bertz CT molecular complexity index is 724. The van der Waals surface area contributed by atoms with Gasteiger partial charge in [-0.2, -0.15) is 10.2 Å². The Kier molecular flexibility index (Phi) is 4.71. The van der Waals surface area contributed by atoms with Crippen LogP contribution in [-0.2, 0) is 20.1 Å². The molecule has 2 aromatic heterocycles. The van der Waals surface area contributed by atoms with Crippen LogP contribution in [0, 0.1) is 13.8 Å². The van der Waals surface area contributed by atoms with Crippen LogP contribution >= 0.6 is 0 Å². The molecule has 0 aromatic carbocycles. The lowest BCUT2D eigenvalue weighted by Gasteiger charge is -2.34. The van der Waals surface area contributed by atoms with Crippen molar-refractivity contribution in [2.75, 3.05) is 26.2 Å². The molecule has 7 nitrogen and oxygen atoms in total. The summed E-state index contributed by atoms with van der Waals surface area (Å²) in [7, 11) is 1.97. The Morgan fingerprint density at radius 2 is 1.79 bits per heavy atom. The van der Waals surface area contributed by atoms with Crippen LogP contribution in [0.25, 0.3) is 0 Å². The van der Waals surface area contributed by atoms with E-state index in [0.29, 0.717) is 0 Å². The van der Waals surface area contributed by atoms with E-state index in [2.05, 4.69) is 22.0 Å². The van der Waals surface area contributed by atoms with Crippen LogP contribution < -0.4 is 0 Å². The zero-order valence-electron chi connectivity index (χ0n) is 15.0. The number of carbonyl (C=O) groups is 1. The summed E-state index contributed by atoms with van der Waals surface area (Å²) < 4.78 is 3.78. The minimum atomic E-state index is 0.101. The van der Waals surface area contributed by atoms with Crippen LogP contribution in [0.3, 0.4) is 0 Å². The molecule has 0 unspecified atom stereocenters. The molecule has 0 bridgehead atoms. The zero-order chi connectivity index (χ0) is 17.3. The van der Waals surface area contributed by atoms with Crippen LogP contribution in [0.4, 0.5) is 0 Å². The van der Waals surface area contributed by atoms with E-state index in [0.717, 1.165) is 50.5 Å². The topological polar surface area (TPSA) is 59.2 Å². The molecular weight excluding hydrogens is 304 g/mol. The molecule has 1 fully saturated rings. The van der Waals surface area contributed by atoms with Crippen molar-refractivity contribution in [1.82, 2.24) is 29.4 Å². The van der Waals surface area contributed by atoms with Gasteiger partial charge in [-0.1, -0.05) is 0 Å². The molecule has 0 N–H and O–H groups in total. The Morgan fingerprint density at radius 1 is 1.08 bits per heavy atom. The van der Waals surface area contributed by atoms with Crippen LogP contribution in [0.1, 0.15) is 34.2 Å². The number of aromatic nitrogens is 4. The van der Waals surface area contributed by atoms with Crippen molar-refractivity contribution in [2.45, 2.75) is 33.9 Å². The van der Waals surface area contributed by atoms with Crippen LogP contribution in [0.2, 0.25) is 0 Å². The number of aryl methyl sites for hydroxylation is 2. The summed E-state index contributed by atoms with van der Waals surface area (Å²) in [5.74, 6) is 0.101. The van der Waals surface area contributed by atoms with E-state index in [4.69, 9.17) is 0 Å². The van der Waals surface area contributed by atoms with E-state index in [-0.39, 0.29) is 5.91 Å². The molecule has 1 aliphatic rings. The molecule has 1 amide bonds. The average Bonchev–Trinajstić information content (AvgIpc) is 3.12. The molecule has 0 radical (unpaired) electrons. The maximum Gasteiger partial charge on any atom is 0.257 e. The van der Waals surface area contributed by atoms with Crippen molar-refractivity contribution in [3.63, 3.8) is 0 Å². The molecule has 3 heterocycles. The molecule has 0 spiro atoms. The number of hydrogen-bond donors (Lipinski definition) is 0. The van der Waals surface area contributed by atoms with Gasteiger partial charge in [-0.3, -0.25) is 19.1 Å². The Morgan fingerprint density at radius 3 is 2.33 bits per heavy atom. The summed E-state index contributed by atoms with van der Waals surface area (Å²) in [5, 5.41) is 8.58. The van der Waals surface area contributed by atoms with Crippen molar-refractivity contribution in [1.29, 1.82) is 0 Å². The lowest BCUT2D eigenvalue weighted by Crippen LogP contribution is -2.48. The summed E-state index contributed by atoms with van der Waals surface area (Å²) in [6, 6.07) is 0. The fraction of sp³-hybridized carbons (Fsp3) is 0.588. The van der Waals surface area contributed by atoms with E-state index in [9.17, 15) is 4.79 Å². The summed E-state index contributed by atoms with van der Waals surface area (Å²) >= 11 is 0. The molecule has 0 saturated carbocycles. The smallest absolute Gasteiger partial charge is 0.257 e. The van der Waals surface area contributed by atoms with Gasteiger partial charge in [0.2, 0.25) is 0 Å². The fourth-order valence-electron chi connectivity index (χ4n) is 3.19. The monoisotopic (exact) mass is 330 g/mol. The summed E-state index contributed by atoms with van der Waals surface area (Å²) in [6.07, 6.45) is 3.64. The van der Waals surface area contributed by atoms with Gasteiger partial charge in [0.25, 0.3) is 5.91 Å². The minimum absolute atomic E-state index is 0.101. The van der Waals surface area contributed by atoms with Crippen molar-refractivity contribution in [3.8, 4) is 0 Å².